The van der Waals surface area contributed by atoms with Crippen molar-refractivity contribution in [3.05, 3.63) is 0 Å². The van der Waals surface area contributed by atoms with Crippen molar-refractivity contribution in [2.45, 2.75) is 32.7 Å². The summed E-state index contributed by atoms with van der Waals surface area (Å²) in [6.45, 7) is 5.21. The van der Waals surface area contributed by atoms with E-state index < -0.39 is 0 Å². The molecule has 0 aromatic rings. The Hall–Kier alpha value is -0.370. The zero-order valence-electron chi connectivity index (χ0n) is 8.79. The van der Waals surface area contributed by atoms with Gasteiger partial charge < -0.3 is 0 Å². The van der Waals surface area contributed by atoms with E-state index in [4.69, 9.17) is 0 Å². The van der Waals surface area contributed by atoms with Crippen LogP contribution in [0, 0.1) is 17.8 Å². The Labute approximate surface area is 80.3 Å². The standard InChI is InChI=1S/C11H19NO/c1-7-4-5-9-10(7)6-12(3)11(9)8(2)13/h7,9-11H,4-6H2,1-3H3/t7?,9-,10+,11?/m0/s1. The number of carbonyl (C=O) groups excluding carboxylic acids is 1. The quantitative estimate of drug-likeness (QED) is 0.611. The molecule has 0 N–H and O–H groups in total. The second-order valence-corrected chi connectivity index (χ2v) is 4.88. The van der Waals surface area contributed by atoms with Crippen molar-refractivity contribution < 1.29 is 4.79 Å². The number of hydrogen-bond donors (Lipinski definition) is 0. The van der Waals surface area contributed by atoms with E-state index in [1.165, 1.54) is 12.8 Å². The molecule has 2 nitrogen and oxygen atoms in total. The number of fused-ring (bicyclic) bond motifs is 1. The smallest absolute Gasteiger partial charge is 0.147 e. The van der Waals surface area contributed by atoms with Gasteiger partial charge in [0.05, 0.1) is 6.04 Å². The highest BCUT2D eigenvalue weighted by atomic mass is 16.1. The molecule has 1 aliphatic carbocycles. The van der Waals surface area contributed by atoms with Crippen molar-refractivity contribution in [2.24, 2.45) is 17.8 Å². The number of ketones is 1. The summed E-state index contributed by atoms with van der Waals surface area (Å²) in [4.78, 5) is 13.7. The highest BCUT2D eigenvalue weighted by Gasteiger charge is 2.47. The van der Waals surface area contributed by atoms with Gasteiger partial charge in [-0.3, -0.25) is 9.69 Å². The van der Waals surface area contributed by atoms with Crippen LogP contribution in [-0.2, 0) is 4.79 Å². The molecule has 13 heavy (non-hydrogen) atoms. The van der Waals surface area contributed by atoms with Crippen LogP contribution in [-0.4, -0.2) is 30.3 Å². The molecule has 2 fully saturated rings. The minimum atomic E-state index is 0.231. The number of hydrogen-bond acceptors (Lipinski definition) is 2. The summed E-state index contributed by atoms with van der Waals surface area (Å²) in [6.07, 6.45) is 2.59. The van der Waals surface area contributed by atoms with E-state index in [0.29, 0.717) is 11.7 Å². The van der Waals surface area contributed by atoms with Crippen LogP contribution in [0.5, 0.6) is 0 Å². The molecule has 74 valence electrons. The molecule has 2 aliphatic rings. The van der Waals surface area contributed by atoms with Crippen molar-refractivity contribution in [1.82, 2.24) is 4.90 Å². The second-order valence-electron chi connectivity index (χ2n) is 4.88. The minimum Gasteiger partial charge on any atom is -0.298 e. The maximum Gasteiger partial charge on any atom is 0.147 e. The summed E-state index contributed by atoms with van der Waals surface area (Å²) in [5.41, 5.74) is 0. The molecule has 0 amide bonds. The molecule has 1 aliphatic heterocycles. The molecular weight excluding hydrogens is 162 g/mol. The third kappa shape index (κ3) is 1.32. The van der Waals surface area contributed by atoms with Crippen LogP contribution in [0.25, 0.3) is 0 Å². The molecule has 0 radical (unpaired) electrons. The Morgan fingerprint density at radius 2 is 2.00 bits per heavy atom. The molecule has 2 heteroatoms. The number of likely N-dealkylation sites (tertiary alicyclic amines) is 1. The van der Waals surface area contributed by atoms with Gasteiger partial charge in [0.15, 0.2) is 0 Å². The number of rotatable bonds is 1. The first-order valence-electron chi connectivity index (χ1n) is 5.32. The summed E-state index contributed by atoms with van der Waals surface area (Å²) in [5.74, 6) is 2.65. The second kappa shape index (κ2) is 3.09. The van der Waals surface area contributed by atoms with Gasteiger partial charge in [0.25, 0.3) is 0 Å². The Kier molecular flexibility index (Phi) is 2.18. The Morgan fingerprint density at radius 1 is 1.31 bits per heavy atom. The fraction of sp³-hybridized carbons (Fsp3) is 0.909. The fourth-order valence-corrected chi connectivity index (χ4v) is 3.40. The Bertz CT molecular complexity index is 226. The predicted octanol–water partition coefficient (Wildman–Crippen LogP) is 1.55. The first-order valence-corrected chi connectivity index (χ1v) is 5.32. The van der Waals surface area contributed by atoms with Crippen LogP contribution in [0.3, 0.4) is 0 Å². The van der Waals surface area contributed by atoms with Gasteiger partial charge in [0, 0.05) is 6.54 Å². The monoisotopic (exact) mass is 181 g/mol. The lowest BCUT2D eigenvalue weighted by Crippen LogP contribution is -2.35. The lowest BCUT2D eigenvalue weighted by Gasteiger charge is -2.20. The van der Waals surface area contributed by atoms with E-state index in [1.54, 1.807) is 6.92 Å². The molecule has 0 spiro atoms. The number of likely N-dealkylation sites (N-methyl/N-ethyl adjacent to an activating group) is 1. The Balaban J connectivity index is 2.17. The van der Waals surface area contributed by atoms with Crippen molar-refractivity contribution in [2.75, 3.05) is 13.6 Å². The van der Waals surface area contributed by atoms with E-state index in [0.717, 1.165) is 18.4 Å². The van der Waals surface area contributed by atoms with Gasteiger partial charge in [0.1, 0.15) is 5.78 Å². The van der Waals surface area contributed by atoms with Crippen LogP contribution >= 0.6 is 0 Å². The molecule has 1 saturated carbocycles. The third-order valence-electron chi connectivity index (χ3n) is 4.03. The summed E-state index contributed by atoms with van der Waals surface area (Å²) < 4.78 is 0. The van der Waals surface area contributed by atoms with Gasteiger partial charge >= 0.3 is 0 Å². The van der Waals surface area contributed by atoms with Gasteiger partial charge in [-0.1, -0.05) is 13.3 Å². The maximum atomic E-state index is 11.5. The van der Waals surface area contributed by atoms with Crippen molar-refractivity contribution in [3.8, 4) is 0 Å². The molecule has 2 unspecified atom stereocenters. The third-order valence-corrected chi connectivity index (χ3v) is 4.03. The van der Waals surface area contributed by atoms with Gasteiger partial charge in [0.2, 0.25) is 0 Å². The van der Waals surface area contributed by atoms with Gasteiger partial charge in [-0.15, -0.1) is 0 Å². The molecule has 1 heterocycles. The summed E-state index contributed by atoms with van der Waals surface area (Å²) in [6, 6.07) is 0.231. The molecule has 0 aromatic carbocycles. The van der Waals surface area contributed by atoms with Crippen LogP contribution in [0.15, 0.2) is 0 Å². The largest absolute Gasteiger partial charge is 0.298 e. The topological polar surface area (TPSA) is 20.3 Å². The van der Waals surface area contributed by atoms with Crippen molar-refractivity contribution in [3.63, 3.8) is 0 Å². The predicted molar refractivity (Wildman–Crippen MR) is 52.5 cm³/mol. The highest BCUT2D eigenvalue weighted by Crippen LogP contribution is 2.45. The Morgan fingerprint density at radius 3 is 2.62 bits per heavy atom. The van der Waals surface area contributed by atoms with Crippen molar-refractivity contribution >= 4 is 5.78 Å². The fourth-order valence-electron chi connectivity index (χ4n) is 3.40. The maximum absolute atomic E-state index is 11.5. The molecule has 0 aromatic heterocycles. The number of Topliss-reactive ketones (excluding diaryl/α,β-unsaturated/α-hetero) is 1. The van der Waals surface area contributed by atoms with E-state index in [2.05, 4.69) is 18.9 Å². The van der Waals surface area contributed by atoms with Crippen LogP contribution in [0.2, 0.25) is 0 Å². The van der Waals surface area contributed by atoms with Gasteiger partial charge in [-0.25, -0.2) is 0 Å². The summed E-state index contributed by atoms with van der Waals surface area (Å²) in [7, 11) is 2.09. The molecule has 1 saturated heterocycles. The van der Waals surface area contributed by atoms with Gasteiger partial charge in [-0.2, -0.15) is 0 Å². The molecule has 0 bridgehead atoms. The minimum absolute atomic E-state index is 0.231. The average molecular weight is 181 g/mol. The van der Waals surface area contributed by atoms with Crippen LogP contribution in [0.1, 0.15) is 26.7 Å². The van der Waals surface area contributed by atoms with E-state index >= 15 is 0 Å². The molecule has 4 atom stereocenters. The lowest BCUT2D eigenvalue weighted by molar-refractivity contribution is -0.121. The SMILES string of the molecule is CC(=O)C1[C@H]2CCC(C)[C@H]2CN1C. The zero-order chi connectivity index (χ0) is 9.59. The van der Waals surface area contributed by atoms with E-state index in [-0.39, 0.29) is 6.04 Å². The van der Waals surface area contributed by atoms with Gasteiger partial charge in [-0.05, 0) is 38.1 Å². The average Bonchev–Trinajstić information content (AvgIpc) is 2.51. The lowest BCUT2D eigenvalue weighted by atomic mass is 9.89. The summed E-state index contributed by atoms with van der Waals surface area (Å²) in [5, 5.41) is 0. The van der Waals surface area contributed by atoms with Crippen LogP contribution in [0.4, 0.5) is 0 Å². The first kappa shape index (κ1) is 9.20. The summed E-state index contributed by atoms with van der Waals surface area (Å²) >= 11 is 0. The zero-order valence-corrected chi connectivity index (χ0v) is 8.79. The molecular formula is C11H19NO. The molecule has 2 rings (SSSR count). The van der Waals surface area contributed by atoms with Crippen LogP contribution < -0.4 is 0 Å². The highest BCUT2D eigenvalue weighted by molar-refractivity contribution is 5.82. The number of carbonyl (C=O) groups is 1. The number of nitrogens with zero attached hydrogens (tertiary/aromatic N) is 1. The van der Waals surface area contributed by atoms with Crippen molar-refractivity contribution in [1.29, 1.82) is 0 Å². The van der Waals surface area contributed by atoms with E-state index in [9.17, 15) is 4.79 Å². The first-order chi connectivity index (χ1) is 6.11. The normalized spacial score (nSPS) is 45.2. The van der Waals surface area contributed by atoms with E-state index in [1.807, 2.05) is 0 Å².